The molecule has 76 valence electrons. The van der Waals surface area contributed by atoms with Crippen LogP contribution in [0.1, 0.15) is 0 Å². The minimum Gasteiger partial charge on any atom is -0.440 e. The lowest BCUT2D eigenvalue weighted by molar-refractivity contribution is 0.449. The fourth-order valence-electron chi connectivity index (χ4n) is 2.02. The van der Waals surface area contributed by atoms with E-state index in [-0.39, 0.29) is 0 Å². The van der Waals surface area contributed by atoms with E-state index in [2.05, 4.69) is 10.2 Å². The molecule has 0 unspecified atom stereocenters. The number of para-hydroxylation sites is 1. The molecule has 3 heterocycles. The summed E-state index contributed by atoms with van der Waals surface area (Å²) in [5.74, 6) is 2.43. The van der Waals surface area contributed by atoms with E-state index < -0.39 is 0 Å². The second-order valence-electron chi connectivity index (χ2n) is 3.68. The topological polar surface area (TPSA) is 39.4 Å². The summed E-state index contributed by atoms with van der Waals surface area (Å²) < 4.78 is 7.71. The first kappa shape index (κ1) is 7.87. The molecule has 1 aromatic carbocycles. The van der Waals surface area contributed by atoms with Crippen molar-refractivity contribution in [3.63, 3.8) is 0 Å². The molecule has 0 saturated carbocycles. The van der Waals surface area contributed by atoms with Crippen LogP contribution in [-0.2, 0) is 0 Å². The Hall–Kier alpha value is -2.36. The van der Waals surface area contributed by atoms with Crippen LogP contribution >= 0.6 is 0 Å². The Morgan fingerprint density at radius 3 is 2.88 bits per heavy atom. The molecule has 0 amide bonds. The van der Waals surface area contributed by atoms with Gasteiger partial charge in [0, 0.05) is 0 Å². The van der Waals surface area contributed by atoms with Crippen molar-refractivity contribution < 1.29 is 4.74 Å². The minimum atomic E-state index is 0.760. The number of aromatic nitrogens is 3. The Morgan fingerprint density at radius 2 is 1.88 bits per heavy atom. The Balaban J connectivity index is 2.21. The number of nitrogens with zero attached hydrogens (tertiary/aromatic N) is 3. The maximum absolute atomic E-state index is 5.79. The van der Waals surface area contributed by atoms with Crippen LogP contribution in [0, 0.1) is 0 Å². The third-order valence-corrected chi connectivity index (χ3v) is 2.74. The van der Waals surface area contributed by atoms with Gasteiger partial charge in [0.15, 0.2) is 11.5 Å². The number of hydrogen-bond donors (Lipinski definition) is 0. The third kappa shape index (κ3) is 0.839. The Morgan fingerprint density at radius 1 is 0.938 bits per heavy atom. The molecule has 0 fully saturated rings. The summed E-state index contributed by atoms with van der Waals surface area (Å²) in [5, 5.41) is 8.32. The van der Waals surface area contributed by atoms with Gasteiger partial charge in [-0.3, -0.25) is 0 Å². The van der Waals surface area contributed by atoms with Crippen molar-refractivity contribution in [3.8, 4) is 23.0 Å². The van der Waals surface area contributed by atoms with Crippen LogP contribution in [-0.4, -0.2) is 14.6 Å². The highest BCUT2D eigenvalue weighted by Gasteiger charge is 2.21. The summed E-state index contributed by atoms with van der Waals surface area (Å²) in [6.07, 6.45) is 0. The molecule has 16 heavy (non-hydrogen) atoms. The molecule has 0 radical (unpaired) electrons. The van der Waals surface area contributed by atoms with Gasteiger partial charge >= 0.3 is 0 Å². The molecule has 0 N–H and O–H groups in total. The Kier molecular flexibility index (Phi) is 1.28. The standard InChI is InChI=1S/C12H7N3O/c1-2-5-9-8(4-1)12-14-13-10-6-3-7-11(16-9)15(10)12/h1-7H. The summed E-state index contributed by atoms with van der Waals surface area (Å²) in [6.45, 7) is 0. The molecular weight excluding hydrogens is 202 g/mol. The minimum absolute atomic E-state index is 0.760. The van der Waals surface area contributed by atoms with Crippen LogP contribution in [0.15, 0.2) is 42.5 Å². The number of pyridine rings is 1. The molecule has 4 heteroatoms. The molecule has 0 bridgehead atoms. The van der Waals surface area contributed by atoms with Crippen molar-refractivity contribution in [2.75, 3.05) is 0 Å². The molecule has 3 aromatic rings. The van der Waals surface area contributed by atoms with Gasteiger partial charge in [-0.25, -0.2) is 4.40 Å². The predicted molar refractivity (Wildman–Crippen MR) is 58.5 cm³/mol. The number of rotatable bonds is 0. The summed E-state index contributed by atoms with van der Waals surface area (Å²) in [6, 6.07) is 13.6. The van der Waals surface area contributed by atoms with Gasteiger partial charge in [0.25, 0.3) is 0 Å². The summed E-state index contributed by atoms with van der Waals surface area (Å²) in [4.78, 5) is 0. The van der Waals surface area contributed by atoms with Crippen molar-refractivity contribution in [2.24, 2.45) is 0 Å². The van der Waals surface area contributed by atoms with Gasteiger partial charge in [-0.2, -0.15) is 0 Å². The van der Waals surface area contributed by atoms with E-state index in [0.29, 0.717) is 0 Å². The summed E-state index contributed by atoms with van der Waals surface area (Å²) in [7, 11) is 0. The SMILES string of the molecule is c1ccc2c(c1)Oc1cccc3nnc-2n13. The highest BCUT2D eigenvalue weighted by molar-refractivity contribution is 5.70. The van der Waals surface area contributed by atoms with Crippen LogP contribution in [0.4, 0.5) is 0 Å². The van der Waals surface area contributed by atoms with Crippen molar-refractivity contribution in [1.29, 1.82) is 0 Å². The molecule has 0 atom stereocenters. The average molecular weight is 209 g/mol. The zero-order valence-corrected chi connectivity index (χ0v) is 8.29. The van der Waals surface area contributed by atoms with E-state index in [1.807, 2.05) is 46.9 Å². The van der Waals surface area contributed by atoms with Crippen molar-refractivity contribution >= 4 is 5.65 Å². The second-order valence-corrected chi connectivity index (χ2v) is 3.68. The van der Waals surface area contributed by atoms with E-state index in [1.165, 1.54) is 0 Å². The van der Waals surface area contributed by atoms with Gasteiger partial charge < -0.3 is 4.74 Å². The van der Waals surface area contributed by atoms with Crippen LogP contribution in [0.25, 0.3) is 17.0 Å². The van der Waals surface area contributed by atoms with Crippen molar-refractivity contribution in [1.82, 2.24) is 14.6 Å². The van der Waals surface area contributed by atoms with E-state index in [1.54, 1.807) is 0 Å². The first-order valence-corrected chi connectivity index (χ1v) is 5.05. The first-order chi connectivity index (χ1) is 7.93. The highest BCUT2D eigenvalue weighted by Crippen LogP contribution is 2.38. The zero-order chi connectivity index (χ0) is 10.5. The highest BCUT2D eigenvalue weighted by atomic mass is 16.5. The number of fused-ring (bicyclic) bond motifs is 2. The third-order valence-electron chi connectivity index (χ3n) is 2.74. The lowest BCUT2D eigenvalue weighted by Gasteiger charge is -2.16. The summed E-state index contributed by atoms with van der Waals surface area (Å²) in [5.41, 5.74) is 1.79. The van der Waals surface area contributed by atoms with E-state index >= 15 is 0 Å². The fraction of sp³-hybridized carbons (Fsp3) is 0. The second kappa shape index (κ2) is 2.61. The Labute approximate surface area is 91.1 Å². The number of ether oxygens (including phenoxy) is 1. The van der Waals surface area contributed by atoms with Crippen molar-refractivity contribution in [3.05, 3.63) is 42.5 Å². The predicted octanol–water partition coefficient (Wildman–Crippen LogP) is 2.50. The van der Waals surface area contributed by atoms with Gasteiger partial charge in [0.05, 0.1) is 5.56 Å². The van der Waals surface area contributed by atoms with Crippen LogP contribution < -0.4 is 4.74 Å². The van der Waals surface area contributed by atoms with Crippen LogP contribution in [0.5, 0.6) is 11.6 Å². The Bertz CT molecular complexity index is 702. The number of benzene rings is 1. The lowest BCUT2D eigenvalue weighted by Crippen LogP contribution is -2.02. The lowest BCUT2D eigenvalue weighted by atomic mass is 10.1. The molecule has 0 spiro atoms. The number of hydrogen-bond acceptors (Lipinski definition) is 3. The molecule has 1 aliphatic rings. The van der Waals surface area contributed by atoms with Crippen LogP contribution in [0.2, 0.25) is 0 Å². The average Bonchev–Trinajstić information content (AvgIpc) is 2.76. The quantitative estimate of drug-likeness (QED) is 0.446. The van der Waals surface area contributed by atoms with E-state index in [0.717, 1.165) is 28.7 Å². The summed E-state index contributed by atoms with van der Waals surface area (Å²) >= 11 is 0. The zero-order valence-electron chi connectivity index (χ0n) is 8.29. The smallest absolute Gasteiger partial charge is 0.207 e. The molecule has 4 nitrogen and oxygen atoms in total. The van der Waals surface area contributed by atoms with Gasteiger partial charge in [-0.15, -0.1) is 10.2 Å². The molecule has 4 rings (SSSR count). The van der Waals surface area contributed by atoms with Crippen molar-refractivity contribution in [2.45, 2.75) is 0 Å². The molecule has 0 aliphatic carbocycles. The first-order valence-electron chi connectivity index (χ1n) is 5.05. The maximum Gasteiger partial charge on any atom is 0.207 e. The van der Waals surface area contributed by atoms with Crippen LogP contribution in [0.3, 0.4) is 0 Å². The van der Waals surface area contributed by atoms with E-state index in [9.17, 15) is 0 Å². The van der Waals surface area contributed by atoms with Gasteiger partial charge in [-0.1, -0.05) is 18.2 Å². The van der Waals surface area contributed by atoms with E-state index in [4.69, 9.17) is 4.74 Å². The molecule has 1 aliphatic heterocycles. The monoisotopic (exact) mass is 209 g/mol. The van der Waals surface area contributed by atoms with Gasteiger partial charge in [0.2, 0.25) is 5.88 Å². The normalized spacial score (nSPS) is 12.2. The maximum atomic E-state index is 5.79. The van der Waals surface area contributed by atoms with Gasteiger partial charge in [-0.05, 0) is 24.3 Å². The fourth-order valence-corrected chi connectivity index (χ4v) is 2.02. The van der Waals surface area contributed by atoms with Gasteiger partial charge in [0.1, 0.15) is 5.75 Å². The molecular formula is C12H7N3O. The molecule has 2 aromatic heterocycles. The largest absolute Gasteiger partial charge is 0.440 e. The molecule has 0 saturated heterocycles.